The summed E-state index contributed by atoms with van der Waals surface area (Å²) in [6, 6.07) is 6.68. The number of benzene rings is 1. The van der Waals surface area contributed by atoms with Gasteiger partial charge < -0.3 is 4.98 Å². The molecule has 0 amide bonds. The van der Waals surface area contributed by atoms with Crippen molar-refractivity contribution in [3.63, 3.8) is 0 Å². The number of hydrogen-bond donors (Lipinski definition) is 1. The summed E-state index contributed by atoms with van der Waals surface area (Å²) in [7, 11) is 0. The Labute approximate surface area is 100 Å². The summed E-state index contributed by atoms with van der Waals surface area (Å²) in [6.45, 7) is 10.7. The summed E-state index contributed by atoms with van der Waals surface area (Å²) in [5.41, 5.74) is 4.10. The van der Waals surface area contributed by atoms with E-state index in [1.807, 2.05) is 13.8 Å². The largest absolute Gasteiger partial charge is 0.361 e. The Bertz CT molecular complexity index is 443. The summed E-state index contributed by atoms with van der Waals surface area (Å²) >= 11 is 0. The predicted octanol–water partition coefficient (Wildman–Crippen LogP) is 5.13. The van der Waals surface area contributed by atoms with Gasteiger partial charge in [0.15, 0.2) is 0 Å². The molecule has 0 fully saturated rings. The fourth-order valence-corrected chi connectivity index (χ4v) is 1.89. The first-order chi connectivity index (χ1) is 7.72. The average Bonchev–Trinajstić information content (AvgIpc) is 2.74. The lowest BCUT2D eigenvalue weighted by atomic mass is 10.0. The maximum Gasteiger partial charge on any atom is 0.0457 e. The zero-order chi connectivity index (χ0) is 12.1. The molecule has 0 aliphatic carbocycles. The van der Waals surface area contributed by atoms with E-state index in [1.54, 1.807) is 0 Å². The number of fused-ring (bicyclic) bond motifs is 1. The van der Waals surface area contributed by atoms with Gasteiger partial charge in [0.25, 0.3) is 0 Å². The molecule has 0 radical (unpaired) electrons. The summed E-state index contributed by atoms with van der Waals surface area (Å²) in [5.74, 6) is 0.593. The van der Waals surface area contributed by atoms with E-state index in [-0.39, 0.29) is 1.43 Å². The van der Waals surface area contributed by atoms with Crippen LogP contribution in [0.3, 0.4) is 0 Å². The minimum Gasteiger partial charge on any atom is -0.361 e. The van der Waals surface area contributed by atoms with E-state index in [1.165, 1.54) is 22.0 Å². The van der Waals surface area contributed by atoms with Gasteiger partial charge in [0.1, 0.15) is 0 Å². The van der Waals surface area contributed by atoms with Crippen molar-refractivity contribution in [1.82, 2.24) is 4.98 Å². The number of aromatic nitrogens is 1. The topological polar surface area (TPSA) is 15.8 Å². The third-order valence-corrected chi connectivity index (χ3v) is 2.81. The second kappa shape index (κ2) is 5.74. The van der Waals surface area contributed by atoms with Gasteiger partial charge in [-0.3, -0.25) is 0 Å². The molecule has 0 saturated carbocycles. The third-order valence-electron chi connectivity index (χ3n) is 2.81. The van der Waals surface area contributed by atoms with Crippen LogP contribution in [0.15, 0.2) is 24.4 Å². The van der Waals surface area contributed by atoms with E-state index in [0.717, 1.165) is 6.42 Å². The van der Waals surface area contributed by atoms with E-state index in [0.29, 0.717) is 5.92 Å². The molecule has 0 aliphatic heterocycles. The number of aryl methyl sites for hydroxylation is 1. The van der Waals surface area contributed by atoms with Crippen LogP contribution >= 0.6 is 0 Å². The Morgan fingerprint density at radius 3 is 2.50 bits per heavy atom. The third kappa shape index (κ3) is 2.46. The first kappa shape index (κ1) is 12.8. The lowest BCUT2D eigenvalue weighted by Gasteiger charge is -2.03. The Morgan fingerprint density at radius 1 is 1.25 bits per heavy atom. The van der Waals surface area contributed by atoms with Crippen LogP contribution in [0.2, 0.25) is 0 Å². The highest BCUT2D eigenvalue weighted by Crippen LogP contribution is 2.25. The molecule has 0 unspecified atom stereocenters. The van der Waals surface area contributed by atoms with Crippen molar-refractivity contribution in [3.8, 4) is 0 Å². The maximum absolute atomic E-state index is 3.32. The van der Waals surface area contributed by atoms with Crippen LogP contribution in [0, 0.1) is 0 Å². The molecule has 0 aliphatic rings. The molecular formula is C15H25N. The molecule has 16 heavy (non-hydrogen) atoms. The molecule has 1 heterocycles. The van der Waals surface area contributed by atoms with Gasteiger partial charge in [-0.15, -0.1) is 0 Å². The molecule has 0 spiro atoms. The van der Waals surface area contributed by atoms with Crippen LogP contribution < -0.4 is 0 Å². The standard InChI is InChI=1S/C13H17N.C2H6.H2/c1-4-10-5-6-13-11(7-10)12(8-14-13)9(2)3;1-2;/h5-9,14H,4H2,1-3H3;1-2H3;1H. The van der Waals surface area contributed by atoms with E-state index in [9.17, 15) is 0 Å². The lowest BCUT2D eigenvalue weighted by molar-refractivity contribution is 0.875. The Hall–Kier alpha value is -1.24. The maximum atomic E-state index is 3.32. The summed E-state index contributed by atoms with van der Waals surface area (Å²) in [4.78, 5) is 3.32. The van der Waals surface area contributed by atoms with Crippen molar-refractivity contribution in [2.75, 3.05) is 0 Å². The van der Waals surface area contributed by atoms with Gasteiger partial charge in [0, 0.05) is 18.5 Å². The van der Waals surface area contributed by atoms with Crippen LogP contribution in [-0.4, -0.2) is 4.98 Å². The molecule has 1 N–H and O–H groups in total. The first-order valence-electron chi connectivity index (χ1n) is 6.32. The highest BCUT2D eigenvalue weighted by Gasteiger charge is 2.06. The van der Waals surface area contributed by atoms with E-state index in [4.69, 9.17) is 0 Å². The van der Waals surface area contributed by atoms with E-state index in [2.05, 4.69) is 50.2 Å². The lowest BCUT2D eigenvalue weighted by Crippen LogP contribution is -1.85. The van der Waals surface area contributed by atoms with Gasteiger partial charge in [-0.05, 0) is 35.6 Å². The van der Waals surface area contributed by atoms with Gasteiger partial charge in [-0.25, -0.2) is 0 Å². The first-order valence-corrected chi connectivity index (χ1v) is 6.32. The van der Waals surface area contributed by atoms with E-state index >= 15 is 0 Å². The van der Waals surface area contributed by atoms with Gasteiger partial charge in [0.2, 0.25) is 0 Å². The average molecular weight is 219 g/mol. The van der Waals surface area contributed by atoms with Gasteiger partial charge in [-0.2, -0.15) is 0 Å². The molecule has 2 aromatic rings. The quantitative estimate of drug-likeness (QED) is 0.721. The Morgan fingerprint density at radius 2 is 1.94 bits per heavy atom. The Balaban J connectivity index is 0.000000811. The molecule has 1 aromatic heterocycles. The highest BCUT2D eigenvalue weighted by atomic mass is 14.7. The zero-order valence-corrected chi connectivity index (χ0v) is 11.1. The summed E-state index contributed by atoms with van der Waals surface area (Å²) in [6.07, 6.45) is 3.24. The molecule has 0 saturated heterocycles. The van der Waals surface area contributed by atoms with Crippen molar-refractivity contribution >= 4 is 10.9 Å². The summed E-state index contributed by atoms with van der Waals surface area (Å²) < 4.78 is 0. The van der Waals surface area contributed by atoms with Crippen LogP contribution in [-0.2, 0) is 6.42 Å². The zero-order valence-electron chi connectivity index (χ0n) is 11.1. The molecule has 1 heteroatoms. The second-order valence-electron chi connectivity index (χ2n) is 4.13. The van der Waals surface area contributed by atoms with Crippen LogP contribution in [0.1, 0.15) is 53.1 Å². The van der Waals surface area contributed by atoms with Crippen molar-refractivity contribution in [1.29, 1.82) is 0 Å². The molecule has 0 bridgehead atoms. The van der Waals surface area contributed by atoms with Crippen molar-refractivity contribution in [3.05, 3.63) is 35.5 Å². The molecule has 2 rings (SSSR count). The van der Waals surface area contributed by atoms with Crippen molar-refractivity contribution in [2.45, 2.75) is 47.0 Å². The smallest absolute Gasteiger partial charge is 0.0457 e. The Kier molecular flexibility index (Phi) is 4.60. The molecule has 1 aromatic carbocycles. The predicted molar refractivity (Wildman–Crippen MR) is 75.2 cm³/mol. The second-order valence-corrected chi connectivity index (χ2v) is 4.13. The molecule has 0 atom stereocenters. The number of aromatic amines is 1. The van der Waals surface area contributed by atoms with Gasteiger partial charge in [-0.1, -0.05) is 40.7 Å². The molecule has 1 nitrogen and oxygen atoms in total. The van der Waals surface area contributed by atoms with Crippen molar-refractivity contribution < 1.29 is 1.43 Å². The minimum atomic E-state index is 0. The van der Waals surface area contributed by atoms with Crippen LogP contribution in [0.4, 0.5) is 0 Å². The SMILES string of the molecule is CC.CCc1ccc2[nH]cc(C(C)C)c2c1.[HH]. The van der Waals surface area contributed by atoms with Crippen molar-refractivity contribution in [2.24, 2.45) is 0 Å². The van der Waals surface area contributed by atoms with Gasteiger partial charge in [0.05, 0.1) is 0 Å². The molecular weight excluding hydrogens is 194 g/mol. The monoisotopic (exact) mass is 219 g/mol. The normalized spacial score (nSPS) is 10.4. The number of rotatable bonds is 2. The highest BCUT2D eigenvalue weighted by molar-refractivity contribution is 5.84. The number of nitrogens with one attached hydrogen (secondary N) is 1. The number of H-pyrrole nitrogens is 1. The fraction of sp³-hybridized carbons (Fsp3) is 0.467. The van der Waals surface area contributed by atoms with Crippen LogP contribution in [0.5, 0.6) is 0 Å². The van der Waals surface area contributed by atoms with Crippen LogP contribution in [0.25, 0.3) is 10.9 Å². The fourth-order valence-electron chi connectivity index (χ4n) is 1.89. The summed E-state index contributed by atoms with van der Waals surface area (Å²) in [5, 5.41) is 1.39. The van der Waals surface area contributed by atoms with E-state index < -0.39 is 0 Å². The van der Waals surface area contributed by atoms with Gasteiger partial charge >= 0.3 is 0 Å². The minimum absolute atomic E-state index is 0. The number of hydrogen-bond acceptors (Lipinski definition) is 0. The molecule has 90 valence electrons.